The zero-order chi connectivity index (χ0) is 77.8. The standard InChI is InChI=1S/C69H110N18O18/c1-8-38(5)54-64(101)78-42(10-3)58(95)80-46(33-41-21-13-12-14-22-41)65(102)85-30-18-24-48(85)62(99)79-45(34-53(92)93)57(94)74-35-51(90)75-44(23-17-28-73-69(71)72)60(97)77-43(11-4)59(96)83-56(40(7)89)67(104)84(29-16-15-27-70)36-52(91)76-47(37-88)61(98)82-55(39(6)9-2)68(105)87-32-20-26-50(87)66(103)86-31-19-25-49(86)63(100)81-54/h12-14,21-22,38-40,42-50,54-56,88-89H,8-11,15-20,23-37,70H2,1-7H3,(H,74,94)(H,75,90)(H,76,91)(H,77,97)(H,78,101)(H,79,99)(H,80,95)(H,81,100)(H,82,98)(H,83,96)(H,92,93)(H4,71,72,73)/t38-,39-,40-,42-,43-,44-,45-,46-,47-,48-,49-,50-,54-,55-,56-/m0/s1. The lowest BCUT2D eigenvalue weighted by Gasteiger charge is -2.35. The highest BCUT2D eigenvalue weighted by molar-refractivity contribution is 6.01. The Morgan fingerprint density at radius 3 is 1.59 bits per heavy atom. The number of carbonyl (C=O) groups excluding carboxylic acids is 14. The topological polar surface area (TPSA) is 540 Å². The van der Waals surface area contributed by atoms with Crippen molar-refractivity contribution in [1.82, 2.24) is 72.8 Å². The second kappa shape index (κ2) is 42.4. The van der Waals surface area contributed by atoms with Gasteiger partial charge in [0.2, 0.25) is 82.7 Å². The molecule has 14 amide bonds. The van der Waals surface area contributed by atoms with Gasteiger partial charge in [0.1, 0.15) is 72.5 Å². The Balaban J connectivity index is 1.53. The van der Waals surface area contributed by atoms with Crippen LogP contribution >= 0.6 is 0 Å². The molecule has 105 heavy (non-hydrogen) atoms. The molecule has 4 aliphatic heterocycles. The van der Waals surface area contributed by atoms with E-state index in [1.807, 2.05) is 0 Å². The number of hydrogen-bond acceptors (Lipinski definition) is 19. The molecule has 15 atom stereocenters. The maximum atomic E-state index is 14.9. The third-order valence-corrected chi connectivity index (χ3v) is 19.5. The summed E-state index contributed by atoms with van der Waals surface area (Å²) in [5.74, 6) is -15.3. The molecule has 0 radical (unpaired) electrons. The SMILES string of the molecule is CC[C@@H]1NC(=O)[C@H](CCCN=C(N)N)NC(=O)CNC(=O)[C@H](CC(=O)O)NC(=O)[C@@H]2CCCN2C(=O)[C@H](Cc2ccccc2)NC(=O)[C@H](CC)NC(=O)[C@H]([C@@H](C)CC)NC(=O)[C@@H]2CCCN2C(=O)[C@@H]2CCCN2C(=O)[C@H]([C@@H](C)CC)NC(=O)[C@H](CO)NC(=O)CN(CCCCN)C(=O)[C@H]([C@H](C)O)NC1=O. The largest absolute Gasteiger partial charge is 0.481 e. The summed E-state index contributed by atoms with van der Waals surface area (Å²) in [5.41, 5.74) is 17.4. The molecule has 0 saturated carbocycles. The maximum absolute atomic E-state index is 14.9. The third kappa shape index (κ3) is 25.1. The van der Waals surface area contributed by atoms with Crippen LogP contribution < -0.4 is 70.4 Å². The monoisotopic (exact) mass is 1480 g/mol. The van der Waals surface area contributed by atoms with Gasteiger partial charge in [0.15, 0.2) is 5.96 Å². The summed E-state index contributed by atoms with van der Waals surface area (Å²) in [7, 11) is 0. The van der Waals surface area contributed by atoms with Gasteiger partial charge < -0.3 is 105 Å². The first-order valence-electron chi connectivity index (χ1n) is 36.4. The second-order valence-electron chi connectivity index (χ2n) is 27.2. The van der Waals surface area contributed by atoms with E-state index in [4.69, 9.17) is 17.2 Å². The normalized spacial score (nSPS) is 27.3. The van der Waals surface area contributed by atoms with Crippen LogP contribution in [0.15, 0.2) is 35.3 Å². The van der Waals surface area contributed by atoms with Crippen molar-refractivity contribution in [2.45, 2.75) is 230 Å². The molecule has 36 nitrogen and oxygen atoms in total. The number of fused-ring (bicyclic) bond motifs is 3. The lowest BCUT2D eigenvalue weighted by atomic mass is 9.96. The average molecular weight is 1480 g/mol. The molecule has 1 aromatic rings. The van der Waals surface area contributed by atoms with Crippen molar-refractivity contribution >= 4 is 94.6 Å². The van der Waals surface area contributed by atoms with Gasteiger partial charge in [-0.05, 0) is 108 Å². The predicted octanol–water partition coefficient (Wildman–Crippen LogP) is -4.92. The number of aliphatic hydroxyl groups is 2. The zero-order valence-corrected chi connectivity index (χ0v) is 61.2. The van der Waals surface area contributed by atoms with Gasteiger partial charge in [-0.3, -0.25) is 76.9 Å². The molecule has 4 fully saturated rings. The number of guanidine groups is 1. The van der Waals surface area contributed by atoms with Crippen LogP contribution in [0.2, 0.25) is 0 Å². The summed E-state index contributed by atoms with van der Waals surface area (Å²) in [5, 5.41) is 57.1. The number of unbranched alkanes of at least 4 members (excludes halogenated alkanes) is 1. The van der Waals surface area contributed by atoms with Crippen LogP contribution in [0, 0.1) is 11.8 Å². The number of nitrogens with two attached hydrogens (primary N) is 3. The van der Waals surface area contributed by atoms with Crippen LogP contribution in [0.5, 0.6) is 0 Å². The Morgan fingerprint density at radius 1 is 0.533 bits per heavy atom. The van der Waals surface area contributed by atoms with E-state index < -0.39 is 205 Å². The highest BCUT2D eigenvalue weighted by Crippen LogP contribution is 2.28. The Hall–Kier alpha value is -9.58. The molecule has 1 aromatic carbocycles. The molecule has 0 unspecified atom stereocenters. The number of hydrogen-bond donors (Lipinski definition) is 16. The van der Waals surface area contributed by atoms with Gasteiger partial charge in [-0.1, -0.05) is 84.7 Å². The van der Waals surface area contributed by atoms with Gasteiger partial charge in [-0.15, -0.1) is 0 Å². The van der Waals surface area contributed by atoms with Crippen molar-refractivity contribution in [3.8, 4) is 0 Å². The minimum Gasteiger partial charge on any atom is -0.481 e. The quantitative estimate of drug-likeness (QED) is 0.0330. The summed E-state index contributed by atoms with van der Waals surface area (Å²) in [4.78, 5) is 222. The number of benzene rings is 1. The van der Waals surface area contributed by atoms with Crippen LogP contribution in [0.4, 0.5) is 0 Å². The molecule has 4 aliphatic rings. The predicted molar refractivity (Wildman–Crippen MR) is 380 cm³/mol. The molecule has 584 valence electrons. The van der Waals surface area contributed by atoms with Gasteiger partial charge in [0.05, 0.1) is 32.2 Å². The highest BCUT2D eigenvalue weighted by Gasteiger charge is 2.47. The van der Waals surface area contributed by atoms with E-state index in [2.05, 4.69) is 58.2 Å². The van der Waals surface area contributed by atoms with Gasteiger partial charge in [0, 0.05) is 39.1 Å². The fourth-order valence-electron chi connectivity index (χ4n) is 13.0. The maximum Gasteiger partial charge on any atom is 0.305 e. The lowest BCUT2D eigenvalue weighted by Crippen LogP contribution is -2.62. The molecule has 4 heterocycles. The van der Waals surface area contributed by atoms with Gasteiger partial charge in [0.25, 0.3) is 0 Å². The Bertz CT molecular complexity index is 3250. The minimum absolute atomic E-state index is 0.0169. The van der Waals surface area contributed by atoms with Crippen LogP contribution in [-0.4, -0.2) is 267 Å². The zero-order valence-electron chi connectivity index (χ0n) is 61.2. The molecule has 0 aromatic heterocycles. The number of aliphatic imine (C=N–C) groups is 1. The fourth-order valence-corrected chi connectivity index (χ4v) is 13.0. The molecule has 4 saturated heterocycles. The van der Waals surface area contributed by atoms with E-state index >= 15 is 0 Å². The van der Waals surface area contributed by atoms with Gasteiger partial charge in [-0.25, -0.2) is 0 Å². The number of carboxylic acid groups (broad SMARTS) is 1. The minimum atomic E-state index is -1.85. The number of aliphatic carboxylic acids is 1. The first-order valence-corrected chi connectivity index (χ1v) is 36.4. The molecular formula is C69H110N18O18. The van der Waals surface area contributed by atoms with Crippen LogP contribution in [0.1, 0.15) is 150 Å². The number of nitrogens with one attached hydrogen (secondary N) is 10. The first-order chi connectivity index (χ1) is 49.9. The van der Waals surface area contributed by atoms with E-state index in [-0.39, 0.29) is 109 Å². The summed E-state index contributed by atoms with van der Waals surface area (Å²) in [6, 6.07) is -8.55. The Kier molecular flexibility index (Phi) is 34.7. The molecule has 19 N–H and O–H groups in total. The van der Waals surface area contributed by atoms with E-state index in [9.17, 15) is 87.2 Å². The van der Waals surface area contributed by atoms with E-state index in [0.29, 0.717) is 37.7 Å². The molecule has 0 spiro atoms. The van der Waals surface area contributed by atoms with E-state index in [1.54, 1.807) is 65.0 Å². The van der Waals surface area contributed by atoms with Crippen molar-refractivity contribution in [1.29, 1.82) is 0 Å². The first kappa shape index (κ1) is 86.1. The van der Waals surface area contributed by atoms with Crippen LogP contribution in [-0.2, 0) is 78.3 Å². The molecule has 36 heteroatoms. The molecule has 0 aliphatic carbocycles. The number of carboxylic acids is 1. The van der Waals surface area contributed by atoms with E-state index in [0.717, 1.165) is 4.90 Å². The van der Waals surface area contributed by atoms with Crippen molar-refractivity contribution in [3.63, 3.8) is 0 Å². The fraction of sp³-hybridized carbons (Fsp3) is 0.681. The van der Waals surface area contributed by atoms with Crippen LogP contribution in [0.25, 0.3) is 0 Å². The highest BCUT2D eigenvalue weighted by atomic mass is 16.4. The van der Waals surface area contributed by atoms with Crippen molar-refractivity contribution in [2.75, 3.05) is 59.0 Å². The molecule has 0 bridgehead atoms. The number of rotatable bonds is 20. The lowest BCUT2D eigenvalue weighted by molar-refractivity contribution is -0.149. The number of aliphatic hydroxyl groups excluding tert-OH is 2. The third-order valence-electron chi connectivity index (χ3n) is 19.5. The van der Waals surface area contributed by atoms with Gasteiger partial charge >= 0.3 is 5.97 Å². The average Bonchev–Trinajstić information content (AvgIpc) is 1.70. The number of amides is 14. The summed E-state index contributed by atoms with van der Waals surface area (Å²) >= 11 is 0. The van der Waals surface area contributed by atoms with Crippen LogP contribution in [0.3, 0.4) is 0 Å². The summed E-state index contributed by atoms with van der Waals surface area (Å²) in [6.07, 6.45) is -0.464. The molecular weight excluding hydrogens is 1370 g/mol. The van der Waals surface area contributed by atoms with Gasteiger partial charge in [-0.2, -0.15) is 0 Å². The molecule has 5 rings (SSSR count). The van der Waals surface area contributed by atoms with Crippen molar-refractivity contribution in [3.05, 3.63) is 35.9 Å². The van der Waals surface area contributed by atoms with Crippen molar-refractivity contribution in [2.24, 2.45) is 34.0 Å². The summed E-state index contributed by atoms with van der Waals surface area (Å²) in [6.45, 7) is 8.62. The Labute approximate surface area is 611 Å². The van der Waals surface area contributed by atoms with Crippen molar-refractivity contribution < 1.29 is 87.2 Å². The smallest absolute Gasteiger partial charge is 0.305 e. The number of nitrogens with zero attached hydrogens (tertiary/aromatic N) is 5. The summed E-state index contributed by atoms with van der Waals surface area (Å²) < 4.78 is 0. The van der Waals surface area contributed by atoms with E-state index in [1.165, 1.54) is 28.5 Å². The second-order valence-corrected chi connectivity index (χ2v) is 27.2. The Morgan fingerprint density at radius 2 is 1.03 bits per heavy atom. The number of carbonyl (C=O) groups is 15.